The molecule has 4 heteroatoms. The first-order chi connectivity index (χ1) is 11.6. The molecule has 0 spiro atoms. The molecule has 4 rings (SSSR count). The van der Waals surface area contributed by atoms with Gasteiger partial charge in [0.25, 0.3) is 5.91 Å². The number of rotatable bonds is 3. The van der Waals surface area contributed by atoms with Gasteiger partial charge >= 0.3 is 0 Å². The van der Waals surface area contributed by atoms with Gasteiger partial charge < -0.3 is 14.3 Å². The average molecular weight is 318 g/mol. The van der Waals surface area contributed by atoms with Crippen molar-refractivity contribution in [1.29, 1.82) is 0 Å². The predicted molar refractivity (Wildman–Crippen MR) is 95.0 cm³/mol. The molecule has 0 unspecified atom stereocenters. The molecular formula is C20H18N2O2. The van der Waals surface area contributed by atoms with E-state index in [-0.39, 0.29) is 11.9 Å². The monoisotopic (exact) mass is 318 g/mol. The number of aromatic amines is 1. The third kappa shape index (κ3) is 2.36. The van der Waals surface area contributed by atoms with Gasteiger partial charge in [-0.25, -0.2) is 0 Å². The summed E-state index contributed by atoms with van der Waals surface area (Å²) in [6, 6.07) is 19.5. The number of aromatic nitrogens is 1. The van der Waals surface area contributed by atoms with E-state index in [9.17, 15) is 4.79 Å². The van der Waals surface area contributed by atoms with E-state index in [0.717, 1.165) is 27.6 Å². The highest BCUT2D eigenvalue weighted by molar-refractivity contribution is 5.98. The van der Waals surface area contributed by atoms with Gasteiger partial charge in [-0.05, 0) is 31.2 Å². The SMILES string of the molecule is C[C@@H](c1cc2ccccc2o1)N(C)C(=O)c1cc2ccccc2[nH]1. The number of benzene rings is 2. The Labute approximate surface area is 139 Å². The first-order valence-electron chi connectivity index (χ1n) is 7.97. The van der Waals surface area contributed by atoms with Gasteiger partial charge in [0.05, 0.1) is 6.04 Å². The predicted octanol–water partition coefficient (Wildman–Crippen LogP) is 4.75. The zero-order valence-electron chi connectivity index (χ0n) is 13.6. The van der Waals surface area contributed by atoms with Crippen molar-refractivity contribution in [3.8, 4) is 0 Å². The first-order valence-corrected chi connectivity index (χ1v) is 7.97. The number of para-hydroxylation sites is 2. The maximum Gasteiger partial charge on any atom is 0.270 e. The first kappa shape index (κ1) is 14.6. The van der Waals surface area contributed by atoms with Gasteiger partial charge in [-0.2, -0.15) is 0 Å². The van der Waals surface area contributed by atoms with Crippen LogP contribution in [0.2, 0.25) is 0 Å². The summed E-state index contributed by atoms with van der Waals surface area (Å²) >= 11 is 0. The van der Waals surface area contributed by atoms with Gasteiger partial charge in [0.2, 0.25) is 0 Å². The van der Waals surface area contributed by atoms with Crippen LogP contribution in [0.4, 0.5) is 0 Å². The molecule has 4 nitrogen and oxygen atoms in total. The van der Waals surface area contributed by atoms with Crippen molar-refractivity contribution in [1.82, 2.24) is 9.88 Å². The molecule has 1 atom stereocenters. The Morgan fingerprint density at radius 2 is 1.75 bits per heavy atom. The maximum atomic E-state index is 12.8. The van der Waals surface area contributed by atoms with Gasteiger partial charge in [0.15, 0.2) is 0 Å². The Morgan fingerprint density at radius 1 is 1.04 bits per heavy atom. The minimum Gasteiger partial charge on any atom is -0.459 e. The highest BCUT2D eigenvalue weighted by Gasteiger charge is 2.23. The van der Waals surface area contributed by atoms with Crippen LogP contribution >= 0.6 is 0 Å². The Kier molecular flexibility index (Phi) is 3.38. The second-order valence-electron chi connectivity index (χ2n) is 6.05. The van der Waals surface area contributed by atoms with E-state index in [2.05, 4.69) is 4.98 Å². The number of hydrogen-bond donors (Lipinski definition) is 1. The van der Waals surface area contributed by atoms with Crippen LogP contribution in [-0.2, 0) is 0 Å². The van der Waals surface area contributed by atoms with Gasteiger partial charge in [-0.1, -0.05) is 36.4 Å². The van der Waals surface area contributed by atoms with Crippen molar-refractivity contribution < 1.29 is 9.21 Å². The lowest BCUT2D eigenvalue weighted by Crippen LogP contribution is -2.29. The number of fused-ring (bicyclic) bond motifs is 2. The largest absolute Gasteiger partial charge is 0.459 e. The Hall–Kier alpha value is -3.01. The zero-order valence-corrected chi connectivity index (χ0v) is 13.6. The molecule has 0 aliphatic heterocycles. The second kappa shape index (κ2) is 5.57. The summed E-state index contributed by atoms with van der Waals surface area (Å²) in [6.07, 6.45) is 0. The van der Waals surface area contributed by atoms with Gasteiger partial charge in [0.1, 0.15) is 17.0 Å². The van der Waals surface area contributed by atoms with Crippen LogP contribution in [0.3, 0.4) is 0 Å². The minimum absolute atomic E-state index is 0.0563. The van der Waals surface area contributed by atoms with Crippen molar-refractivity contribution in [2.24, 2.45) is 0 Å². The molecule has 0 saturated heterocycles. The third-order valence-corrected chi connectivity index (χ3v) is 4.52. The second-order valence-corrected chi connectivity index (χ2v) is 6.05. The molecule has 2 heterocycles. The number of nitrogens with zero attached hydrogens (tertiary/aromatic N) is 1. The minimum atomic E-state index is -0.156. The molecule has 4 aromatic rings. The Morgan fingerprint density at radius 3 is 2.50 bits per heavy atom. The van der Waals surface area contributed by atoms with Crippen molar-refractivity contribution in [2.45, 2.75) is 13.0 Å². The molecule has 0 radical (unpaired) electrons. The quantitative estimate of drug-likeness (QED) is 0.593. The van der Waals surface area contributed by atoms with Crippen molar-refractivity contribution in [3.05, 3.63) is 72.1 Å². The van der Waals surface area contributed by atoms with E-state index in [1.807, 2.05) is 67.6 Å². The van der Waals surface area contributed by atoms with Crippen LogP contribution in [0.1, 0.15) is 29.2 Å². The number of carbonyl (C=O) groups is 1. The van der Waals surface area contributed by atoms with Crippen LogP contribution in [0.5, 0.6) is 0 Å². The van der Waals surface area contributed by atoms with Crippen LogP contribution in [0.15, 0.2) is 65.1 Å². The van der Waals surface area contributed by atoms with Crippen LogP contribution in [0.25, 0.3) is 21.9 Å². The average Bonchev–Trinajstić information content (AvgIpc) is 3.23. The standard InChI is InChI=1S/C20H18N2O2/c1-13(19-12-15-8-4-6-10-18(15)24-19)22(2)20(23)17-11-14-7-3-5-9-16(14)21-17/h3-13,21H,1-2H3/t13-/m0/s1. The molecule has 0 fully saturated rings. The summed E-state index contributed by atoms with van der Waals surface area (Å²) < 4.78 is 5.89. The van der Waals surface area contributed by atoms with Crippen molar-refractivity contribution in [3.63, 3.8) is 0 Å². The van der Waals surface area contributed by atoms with E-state index in [0.29, 0.717) is 5.69 Å². The Balaban J connectivity index is 1.63. The topological polar surface area (TPSA) is 49.2 Å². The lowest BCUT2D eigenvalue weighted by molar-refractivity contribution is 0.0722. The van der Waals surface area contributed by atoms with Crippen molar-refractivity contribution in [2.75, 3.05) is 7.05 Å². The van der Waals surface area contributed by atoms with Crippen LogP contribution in [-0.4, -0.2) is 22.8 Å². The normalized spacial score (nSPS) is 12.6. The van der Waals surface area contributed by atoms with Gasteiger partial charge in [0, 0.05) is 23.3 Å². The number of amides is 1. The molecule has 0 aliphatic rings. The maximum absolute atomic E-state index is 12.8. The molecule has 1 amide bonds. The highest BCUT2D eigenvalue weighted by Crippen LogP contribution is 2.27. The zero-order chi connectivity index (χ0) is 16.7. The van der Waals surface area contributed by atoms with E-state index in [4.69, 9.17) is 4.42 Å². The summed E-state index contributed by atoms with van der Waals surface area (Å²) in [5.41, 5.74) is 2.39. The van der Waals surface area contributed by atoms with E-state index >= 15 is 0 Å². The van der Waals surface area contributed by atoms with Crippen LogP contribution in [0, 0.1) is 0 Å². The van der Waals surface area contributed by atoms with Crippen LogP contribution < -0.4 is 0 Å². The lowest BCUT2D eigenvalue weighted by Gasteiger charge is -2.22. The van der Waals surface area contributed by atoms with E-state index in [1.54, 1.807) is 11.9 Å². The molecule has 0 saturated carbocycles. The fraction of sp³-hybridized carbons (Fsp3) is 0.150. The van der Waals surface area contributed by atoms with E-state index < -0.39 is 0 Å². The molecule has 2 aromatic carbocycles. The summed E-state index contributed by atoms with van der Waals surface area (Å²) in [5, 5.41) is 2.08. The summed E-state index contributed by atoms with van der Waals surface area (Å²) in [5.74, 6) is 0.724. The third-order valence-electron chi connectivity index (χ3n) is 4.52. The molecule has 0 aliphatic carbocycles. The smallest absolute Gasteiger partial charge is 0.270 e. The molecule has 0 bridgehead atoms. The van der Waals surface area contributed by atoms with Gasteiger partial charge in [-0.15, -0.1) is 0 Å². The summed E-state index contributed by atoms with van der Waals surface area (Å²) in [7, 11) is 1.80. The fourth-order valence-corrected chi connectivity index (χ4v) is 2.95. The molecule has 2 aromatic heterocycles. The fourth-order valence-electron chi connectivity index (χ4n) is 2.95. The summed E-state index contributed by atoms with van der Waals surface area (Å²) in [6.45, 7) is 1.97. The van der Waals surface area contributed by atoms with E-state index in [1.165, 1.54) is 0 Å². The summed E-state index contributed by atoms with van der Waals surface area (Å²) in [4.78, 5) is 17.7. The number of carbonyl (C=O) groups excluding carboxylic acids is 1. The number of H-pyrrole nitrogens is 1. The lowest BCUT2D eigenvalue weighted by atomic mass is 10.2. The number of furan rings is 1. The number of hydrogen-bond acceptors (Lipinski definition) is 2. The molecular weight excluding hydrogens is 300 g/mol. The van der Waals surface area contributed by atoms with Gasteiger partial charge in [-0.3, -0.25) is 4.79 Å². The molecule has 120 valence electrons. The molecule has 24 heavy (non-hydrogen) atoms. The molecule has 1 N–H and O–H groups in total. The highest BCUT2D eigenvalue weighted by atomic mass is 16.3. The van der Waals surface area contributed by atoms with Crippen molar-refractivity contribution >= 4 is 27.8 Å². The Bertz CT molecular complexity index is 962. The number of nitrogens with one attached hydrogen (secondary N) is 1.